The molecule has 0 spiro atoms. The maximum absolute atomic E-state index is 8.86. The first-order valence-electron chi connectivity index (χ1n) is 4.27. The van der Waals surface area contributed by atoms with Crippen LogP contribution in [0.4, 0.5) is 0 Å². The van der Waals surface area contributed by atoms with Crippen molar-refractivity contribution >= 4 is 0 Å². The van der Waals surface area contributed by atoms with Gasteiger partial charge in [0.25, 0.3) is 0 Å². The topological polar surface area (TPSA) is 55.2 Å². The van der Waals surface area contributed by atoms with Gasteiger partial charge >= 0.3 is 0 Å². The summed E-state index contributed by atoms with van der Waals surface area (Å²) in [6.07, 6.45) is 2.38. The van der Waals surface area contributed by atoms with Gasteiger partial charge < -0.3 is 9.84 Å². The van der Waals surface area contributed by atoms with Crippen LogP contribution in [0.1, 0.15) is 31.0 Å². The molecule has 0 radical (unpaired) electrons. The number of methoxy groups -OCH3 is 1. The van der Waals surface area contributed by atoms with Gasteiger partial charge in [-0.25, -0.2) is 9.97 Å². The third-order valence-electron chi connectivity index (χ3n) is 1.84. The lowest BCUT2D eigenvalue weighted by Gasteiger charge is -2.11. The van der Waals surface area contributed by atoms with Crippen molar-refractivity contribution in [2.24, 2.45) is 0 Å². The monoisotopic (exact) mass is 182 g/mol. The Hall–Kier alpha value is -1.00. The van der Waals surface area contributed by atoms with Crippen LogP contribution in [0.25, 0.3) is 0 Å². The van der Waals surface area contributed by atoms with Gasteiger partial charge in [-0.15, -0.1) is 0 Å². The molecule has 13 heavy (non-hydrogen) atoms. The Kier molecular flexibility index (Phi) is 3.79. The summed E-state index contributed by atoms with van der Waals surface area (Å²) in [6.45, 7) is 1.94. The molecule has 0 aromatic carbocycles. The number of nitrogens with zero attached hydrogens (tertiary/aromatic N) is 2. The molecule has 4 heteroatoms. The number of hydrogen-bond donors (Lipinski definition) is 1. The van der Waals surface area contributed by atoms with E-state index in [2.05, 4.69) is 9.97 Å². The molecule has 1 N–H and O–H groups in total. The molecule has 72 valence electrons. The minimum absolute atomic E-state index is 0.0599. The van der Waals surface area contributed by atoms with Crippen molar-refractivity contribution in [2.45, 2.75) is 26.1 Å². The first kappa shape index (κ1) is 10.1. The minimum Gasteiger partial charge on any atom is -0.390 e. The molecule has 1 aromatic rings. The summed E-state index contributed by atoms with van der Waals surface area (Å²) >= 11 is 0. The number of rotatable bonds is 4. The first-order chi connectivity index (χ1) is 6.31. The molecular weight excluding hydrogens is 168 g/mol. The number of aliphatic hydroxyl groups is 1. The molecule has 1 atom stereocenters. The second-order valence-electron chi connectivity index (χ2n) is 2.70. The van der Waals surface area contributed by atoms with Crippen LogP contribution in [-0.4, -0.2) is 22.2 Å². The molecule has 0 saturated carbocycles. The average molecular weight is 182 g/mol. The van der Waals surface area contributed by atoms with Crippen LogP contribution in [-0.2, 0) is 11.3 Å². The quantitative estimate of drug-likeness (QED) is 0.756. The van der Waals surface area contributed by atoms with Crippen LogP contribution >= 0.6 is 0 Å². The number of aliphatic hydroxyl groups excluding tert-OH is 1. The van der Waals surface area contributed by atoms with E-state index in [0.717, 1.165) is 6.42 Å². The van der Waals surface area contributed by atoms with Gasteiger partial charge in [0, 0.05) is 13.3 Å². The second-order valence-corrected chi connectivity index (χ2v) is 2.70. The third-order valence-corrected chi connectivity index (χ3v) is 1.84. The van der Waals surface area contributed by atoms with Gasteiger partial charge in [0.1, 0.15) is 6.10 Å². The van der Waals surface area contributed by atoms with Crippen LogP contribution in [0.3, 0.4) is 0 Å². The Morgan fingerprint density at radius 2 is 2.38 bits per heavy atom. The van der Waals surface area contributed by atoms with E-state index in [9.17, 15) is 0 Å². The Morgan fingerprint density at radius 3 is 2.92 bits per heavy atom. The van der Waals surface area contributed by atoms with Crippen molar-refractivity contribution in [3.8, 4) is 0 Å². The Morgan fingerprint density at radius 1 is 1.62 bits per heavy atom. The van der Waals surface area contributed by atoms with E-state index in [1.165, 1.54) is 0 Å². The highest BCUT2D eigenvalue weighted by atomic mass is 16.5. The molecule has 1 aromatic heterocycles. The predicted molar refractivity (Wildman–Crippen MR) is 48.0 cm³/mol. The maximum Gasteiger partial charge on any atom is 0.157 e. The number of hydrogen-bond acceptors (Lipinski definition) is 4. The molecule has 1 heterocycles. The molecule has 0 aliphatic carbocycles. The zero-order chi connectivity index (χ0) is 9.68. The van der Waals surface area contributed by atoms with Gasteiger partial charge in [-0.2, -0.15) is 0 Å². The summed E-state index contributed by atoms with van der Waals surface area (Å²) < 4.78 is 5.18. The molecule has 1 unspecified atom stereocenters. The minimum atomic E-state index is -0.0773. The molecule has 1 rings (SSSR count). The van der Waals surface area contributed by atoms with E-state index in [0.29, 0.717) is 11.5 Å². The molecular formula is C9H14N2O2. The van der Waals surface area contributed by atoms with Crippen LogP contribution < -0.4 is 0 Å². The highest BCUT2D eigenvalue weighted by Crippen LogP contribution is 2.15. The van der Waals surface area contributed by atoms with E-state index in [-0.39, 0.29) is 12.7 Å². The van der Waals surface area contributed by atoms with Crippen LogP contribution in [0.2, 0.25) is 0 Å². The molecule has 4 nitrogen and oxygen atoms in total. The normalized spacial score (nSPS) is 12.8. The SMILES string of the molecule is CCC(OC)c1nccc(CO)n1. The summed E-state index contributed by atoms with van der Waals surface area (Å²) in [7, 11) is 1.63. The lowest BCUT2D eigenvalue weighted by atomic mass is 10.2. The van der Waals surface area contributed by atoms with Crippen LogP contribution in [0.15, 0.2) is 12.3 Å². The Labute approximate surface area is 77.6 Å². The Bertz CT molecular complexity index is 262. The fourth-order valence-electron chi connectivity index (χ4n) is 1.11. The van der Waals surface area contributed by atoms with Gasteiger partial charge in [0.2, 0.25) is 0 Å². The van der Waals surface area contributed by atoms with Crippen molar-refractivity contribution in [2.75, 3.05) is 7.11 Å². The molecule has 0 aliphatic rings. The predicted octanol–water partition coefficient (Wildman–Crippen LogP) is 1.07. The van der Waals surface area contributed by atoms with Gasteiger partial charge in [0.15, 0.2) is 5.82 Å². The summed E-state index contributed by atoms with van der Waals surface area (Å²) in [6, 6.07) is 1.69. The third kappa shape index (κ3) is 2.47. The summed E-state index contributed by atoms with van der Waals surface area (Å²) in [5.74, 6) is 0.636. The molecule has 0 fully saturated rings. The highest BCUT2D eigenvalue weighted by Gasteiger charge is 2.10. The van der Waals surface area contributed by atoms with Gasteiger partial charge in [-0.3, -0.25) is 0 Å². The van der Waals surface area contributed by atoms with Gasteiger partial charge in [-0.1, -0.05) is 6.92 Å². The average Bonchev–Trinajstić information content (AvgIpc) is 2.20. The number of ether oxygens (including phenoxy) is 1. The molecule has 0 saturated heterocycles. The standard InChI is InChI=1S/C9H14N2O2/c1-3-8(13-2)9-10-5-4-7(6-12)11-9/h4-5,8,12H,3,6H2,1-2H3. The highest BCUT2D eigenvalue weighted by molar-refractivity contribution is 5.02. The Balaban J connectivity index is 2.86. The molecule has 0 aliphatic heterocycles. The zero-order valence-corrected chi connectivity index (χ0v) is 7.90. The van der Waals surface area contributed by atoms with Gasteiger partial charge in [0.05, 0.1) is 12.3 Å². The number of aromatic nitrogens is 2. The van der Waals surface area contributed by atoms with Crippen LogP contribution in [0.5, 0.6) is 0 Å². The first-order valence-corrected chi connectivity index (χ1v) is 4.27. The van der Waals surface area contributed by atoms with E-state index in [4.69, 9.17) is 9.84 Å². The van der Waals surface area contributed by atoms with Gasteiger partial charge in [-0.05, 0) is 12.5 Å². The van der Waals surface area contributed by atoms with E-state index in [1.807, 2.05) is 6.92 Å². The van der Waals surface area contributed by atoms with E-state index >= 15 is 0 Å². The summed E-state index contributed by atoms with van der Waals surface area (Å²) in [5.41, 5.74) is 0.625. The summed E-state index contributed by atoms with van der Waals surface area (Å²) in [5, 5.41) is 8.86. The van der Waals surface area contributed by atoms with E-state index in [1.54, 1.807) is 19.4 Å². The fraction of sp³-hybridized carbons (Fsp3) is 0.556. The van der Waals surface area contributed by atoms with E-state index < -0.39 is 0 Å². The van der Waals surface area contributed by atoms with Crippen molar-refractivity contribution < 1.29 is 9.84 Å². The van der Waals surface area contributed by atoms with Crippen molar-refractivity contribution in [3.05, 3.63) is 23.8 Å². The smallest absolute Gasteiger partial charge is 0.157 e. The summed E-state index contributed by atoms with van der Waals surface area (Å²) in [4.78, 5) is 8.23. The molecule has 0 amide bonds. The lowest BCUT2D eigenvalue weighted by Crippen LogP contribution is -2.07. The van der Waals surface area contributed by atoms with Crippen molar-refractivity contribution in [3.63, 3.8) is 0 Å². The maximum atomic E-state index is 8.86. The largest absolute Gasteiger partial charge is 0.390 e. The fourth-order valence-corrected chi connectivity index (χ4v) is 1.11. The second kappa shape index (κ2) is 4.89. The molecule has 0 bridgehead atoms. The van der Waals surface area contributed by atoms with Crippen molar-refractivity contribution in [1.82, 2.24) is 9.97 Å². The lowest BCUT2D eigenvalue weighted by molar-refractivity contribution is 0.0920. The van der Waals surface area contributed by atoms with Crippen LogP contribution in [0, 0.1) is 0 Å². The van der Waals surface area contributed by atoms with Crippen molar-refractivity contribution in [1.29, 1.82) is 0 Å². The zero-order valence-electron chi connectivity index (χ0n) is 7.90.